The van der Waals surface area contributed by atoms with Crippen molar-refractivity contribution in [1.29, 1.82) is 5.26 Å². The van der Waals surface area contributed by atoms with Gasteiger partial charge in [-0.15, -0.1) is 0 Å². The topological polar surface area (TPSA) is 61.2 Å². The second kappa shape index (κ2) is 6.21. The van der Waals surface area contributed by atoms with E-state index in [2.05, 4.69) is 6.92 Å². The Morgan fingerprint density at radius 2 is 2.19 bits per heavy atom. The first kappa shape index (κ1) is 13.5. The lowest BCUT2D eigenvalue weighted by molar-refractivity contribution is 0.281. The van der Waals surface area contributed by atoms with E-state index in [0.29, 0.717) is 38.3 Å². The van der Waals surface area contributed by atoms with Gasteiger partial charge in [-0.2, -0.15) is 5.26 Å². The van der Waals surface area contributed by atoms with Crippen LogP contribution in [-0.2, 0) is 10.0 Å². The maximum absolute atomic E-state index is 11.9. The van der Waals surface area contributed by atoms with Crippen molar-refractivity contribution in [2.24, 2.45) is 5.92 Å². The third kappa shape index (κ3) is 4.11. The summed E-state index contributed by atoms with van der Waals surface area (Å²) in [5, 5.41) is 8.37. The minimum absolute atomic E-state index is 0.196. The highest BCUT2D eigenvalue weighted by molar-refractivity contribution is 7.89. The van der Waals surface area contributed by atoms with Gasteiger partial charge in [0, 0.05) is 19.5 Å². The van der Waals surface area contributed by atoms with Crippen molar-refractivity contribution in [3.8, 4) is 6.07 Å². The Labute approximate surface area is 98.3 Å². The van der Waals surface area contributed by atoms with Crippen molar-refractivity contribution in [1.82, 2.24) is 4.31 Å². The lowest BCUT2D eigenvalue weighted by atomic mass is 10.0. The minimum atomic E-state index is -3.07. The van der Waals surface area contributed by atoms with E-state index in [1.807, 2.05) is 6.07 Å². The molecule has 0 aromatic carbocycles. The van der Waals surface area contributed by atoms with Crippen LogP contribution in [0.4, 0.5) is 0 Å². The largest absolute Gasteiger partial charge is 0.214 e. The number of hydrogen-bond donors (Lipinski definition) is 0. The van der Waals surface area contributed by atoms with Crippen molar-refractivity contribution in [2.75, 3.05) is 18.8 Å². The molecule has 0 spiro atoms. The molecule has 1 rings (SSSR count). The Kier molecular flexibility index (Phi) is 5.23. The second-order valence-corrected chi connectivity index (χ2v) is 6.63. The van der Waals surface area contributed by atoms with E-state index in [4.69, 9.17) is 5.26 Å². The molecule has 0 aliphatic carbocycles. The average Bonchev–Trinajstić information content (AvgIpc) is 2.24. The first-order chi connectivity index (χ1) is 7.56. The van der Waals surface area contributed by atoms with Crippen molar-refractivity contribution < 1.29 is 8.42 Å². The zero-order valence-corrected chi connectivity index (χ0v) is 10.7. The van der Waals surface area contributed by atoms with E-state index in [0.717, 1.165) is 12.8 Å². The molecule has 0 amide bonds. The maximum Gasteiger partial charge on any atom is 0.214 e. The smallest absolute Gasteiger partial charge is 0.212 e. The molecule has 0 bridgehead atoms. The molecular formula is C11H20N2O2S. The Morgan fingerprint density at radius 3 is 2.81 bits per heavy atom. The standard InChI is InChI=1S/C11H20N2O2S/c1-11-6-5-8-13(10-11)16(14,15)9-4-2-3-7-12/h11H,2-6,8-10H2,1H3. The summed E-state index contributed by atoms with van der Waals surface area (Å²) in [6.45, 7) is 3.43. The molecule has 1 saturated heterocycles. The molecule has 1 heterocycles. The van der Waals surface area contributed by atoms with Gasteiger partial charge in [-0.1, -0.05) is 6.92 Å². The van der Waals surface area contributed by atoms with Crippen LogP contribution in [0, 0.1) is 17.2 Å². The van der Waals surface area contributed by atoms with Gasteiger partial charge in [0.25, 0.3) is 0 Å². The van der Waals surface area contributed by atoms with Gasteiger partial charge in [-0.3, -0.25) is 0 Å². The summed E-state index contributed by atoms with van der Waals surface area (Å²) in [7, 11) is -3.07. The minimum Gasteiger partial charge on any atom is -0.212 e. The number of piperidine rings is 1. The zero-order chi connectivity index (χ0) is 12.0. The predicted octanol–water partition coefficient (Wildman–Crippen LogP) is 1.74. The molecule has 5 heteroatoms. The van der Waals surface area contributed by atoms with E-state index in [9.17, 15) is 8.42 Å². The van der Waals surface area contributed by atoms with Crippen LogP contribution in [-0.4, -0.2) is 31.6 Å². The lowest BCUT2D eigenvalue weighted by Gasteiger charge is -2.30. The van der Waals surface area contributed by atoms with Gasteiger partial charge in [0.05, 0.1) is 11.8 Å². The fraction of sp³-hybridized carbons (Fsp3) is 0.909. The molecule has 1 aliphatic rings. The molecule has 1 aliphatic heterocycles. The molecule has 0 aromatic rings. The molecule has 92 valence electrons. The average molecular weight is 244 g/mol. The fourth-order valence-corrected chi connectivity index (χ4v) is 3.73. The summed E-state index contributed by atoms with van der Waals surface area (Å²) in [5.41, 5.74) is 0. The van der Waals surface area contributed by atoms with E-state index in [1.165, 1.54) is 0 Å². The number of nitriles is 1. The first-order valence-corrected chi connectivity index (χ1v) is 7.52. The Balaban J connectivity index is 2.41. The number of hydrogen-bond acceptors (Lipinski definition) is 3. The monoisotopic (exact) mass is 244 g/mol. The third-order valence-corrected chi connectivity index (χ3v) is 4.88. The van der Waals surface area contributed by atoms with Gasteiger partial charge in [0.2, 0.25) is 10.0 Å². The summed E-state index contributed by atoms with van der Waals surface area (Å²) in [5.74, 6) is 0.670. The molecular weight excluding hydrogens is 224 g/mol. The lowest BCUT2D eigenvalue weighted by Crippen LogP contribution is -2.40. The van der Waals surface area contributed by atoms with Crippen LogP contribution in [0.2, 0.25) is 0 Å². The quantitative estimate of drug-likeness (QED) is 0.692. The number of sulfonamides is 1. The number of rotatable bonds is 5. The molecule has 0 saturated carbocycles. The van der Waals surface area contributed by atoms with E-state index in [1.54, 1.807) is 4.31 Å². The first-order valence-electron chi connectivity index (χ1n) is 5.91. The van der Waals surface area contributed by atoms with Crippen LogP contribution in [0.25, 0.3) is 0 Å². The molecule has 0 radical (unpaired) electrons. The summed E-state index contributed by atoms with van der Waals surface area (Å²) in [6.07, 6.45) is 3.82. The van der Waals surface area contributed by atoms with Crippen LogP contribution in [0.15, 0.2) is 0 Å². The van der Waals surface area contributed by atoms with E-state index in [-0.39, 0.29) is 5.75 Å². The van der Waals surface area contributed by atoms with Crippen LogP contribution in [0.1, 0.15) is 39.0 Å². The van der Waals surface area contributed by atoms with Gasteiger partial charge in [-0.25, -0.2) is 12.7 Å². The second-order valence-electron chi connectivity index (χ2n) is 4.54. The molecule has 1 unspecified atom stereocenters. The highest BCUT2D eigenvalue weighted by Crippen LogP contribution is 2.19. The molecule has 4 nitrogen and oxygen atoms in total. The van der Waals surface area contributed by atoms with Gasteiger partial charge in [-0.05, 0) is 31.6 Å². The van der Waals surface area contributed by atoms with Crippen LogP contribution in [0.5, 0.6) is 0 Å². The number of nitrogens with zero attached hydrogens (tertiary/aromatic N) is 2. The van der Waals surface area contributed by atoms with Crippen LogP contribution >= 0.6 is 0 Å². The van der Waals surface area contributed by atoms with Crippen molar-refractivity contribution in [2.45, 2.75) is 39.0 Å². The molecule has 16 heavy (non-hydrogen) atoms. The third-order valence-electron chi connectivity index (χ3n) is 2.95. The molecule has 0 N–H and O–H groups in total. The van der Waals surface area contributed by atoms with Gasteiger partial charge in [0.1, 0.15) is 0 Å². The van der Waals surface area contributed by atoms with Crippen LogP contribution < -0.4 is 0 Å². The van der Waals surface area contributed by atoms with Crippen molar-refractivity contribution >= 4 is 10.0 Å². The summed E-state index contributed by atoms with van der Waals surface area (Å²) < 4.78 is 25.5. The normalized spacial score (nSPS) is 22.9. The van der Waals surface area contributed by atoms with Crippen molar-refractivity contribution in [3.05, 3.63) is 0 Å². The summed E-state index contributed by atoms with van der Waals surface area (Å²) >= 11 is 0. The molecule has 1 atom stereocenters. The van der Waals surface area contributed by atoms with Gasteiger partial charge >= 0.3 is 0 Å². The summed E-state index contributed by atoms with van der Waals surface area (Å²) in [6, 6.07) is 2.03. The molecule has 1 fully saturated rings. The highest BCUT2D eigenvalue weighted by atomic mass is 32.2. The maximum atomic E-state index is 11.9. The predicted molar refractivity (Wildman–Crippen MR) is 63.2 cm³/mol. The van der Waals surface area contributed by atoms with Crippen LogP contribution in [0.3, 0.4) is 0 Å². The Bertz CT molecular complexity index is 345. The molecule has 0 aromatic heterocycles. The summed E-state index contributed by atoms with van der Waals surface area (Å²) in [4.78, 5) is 0. The van der Waals surface area contributed by atoms with Gasteiger partial charge in [0.15, 0.2) is 0 Å². The van der Waals surface area contributed by atoms with E-state index >= 15 is 0 Å². The van der Waals surface area contributed by atoms with Crippen molar-refractivity contribution in [3.63, 3.8) is 0 Å². The Hall–Kier alpha value is -0.600. The highest BCUT2D eigenvalue weighted by Gasteiger charge is 2.26. The zero-order valence-electron chi connectivity index (χ0n) is 9.85. The fourth-order valence-electron chi connectivity index (χ4n) is 2.02. The SMILES string of the molecule is CC1CCCN(S(=O)(=O)CCCCC#N)C1. The van der Waals surface area contributed by atoms with Gasteiger partial charge < -0.3 is 0 Å². The number of unbranched alkanes of at least 4 members (excludes halogenated alkanes) is 2. The van der Waals surface area contributed by atoms with E-state index < -0.39 is 10.0 Å². The Morgan fingerprint density at radius 1 is 1.44 bits per heavy atom.